The molecule has 2 aromatic rings. The van der Waals surface area contributed by atoms with E-state index in [0.29, 0.717) is 5.92 Å². The van der Waals surface area contributed by atoms with Crippen LogP contribution in [-0.2, 0) is 13.5 Å². The highest BCUT2D eigenvalue weighted by Crippen LogP contribution is 2.27. The van der Waals surface area contributed by atoms with Gasteiger partial charge >= 0.3 is 0 Å². The Balaban J connectivity index is 0.00000320. The molecule has 6 nitrogen and oxygen atoms in total. The van der Waals surface area contributed by atoms with E-state index in [1.165, 1.54) is 16.7 Å². The van der Waals surface area contributed by atoms with Crippen molar-refractivity contribution in [3.63, 3.8) is 0 Å². The number of rotatable bonds is 7. The molecule has 0 spiro atoms. The number of aryl methyl sites for hydroxylation is 2. The zero-order chi connectivity index (χ0) is 20.8. The van der Waals surface area contributed by atoms with Gasteiger partial charge in [-0.15, -0.1) is 24.0 Å². The van der Waals surface area contributed by atoms with E-state index < -0.39 is 0 Å². The number of nitrogens with one attached hydrogen (secondary N) is 1. The van der Waals surface area contributed by atoms with Crippen LogP contribution in [0, 0.1) is 0 Å². The molecule has 1 aliphatic rings. The smallest absolute Gasteiger partial charge is 0.194 e. The van der Waals surface area contributed by atoms with Crippen LogP contribution in [-0.4, -0.2) is 65.8 Å². The first kappa shape index (κ1) is 24.7. The Morgan fingerprint density at radius 2 is 2.00 bits per heavy atom. The monoisotopic (exact) mass is 524 g/mol. The summed E-state index contributed by atoms with van der Waals surface area (Å²) in [7, 11) is 6.25. The van der Waals surface area contributed by atoms with Crippen LogP contribution in [0.1, 0.15) is 48.9 Å². The summed E-state index contributed by atoms with van der Waals surface area (Å²) in [5.41, 5.74) is 4.02. The van der Waals surface area contributed by atoms with Gasteiger partial charge in [-0.3, -0.25) is 9.67 Å². The van der Waals surface area contributed by atoms with Gasteiger partial charge in [-0.25, -0.2) is 0 Å². The lowest BCUT2D eigenvalue weighted by atomic mass is 10.0. The standard InChI is InChI=1S/C23H36N6.HI/c1-6-18-8-10-19(11-9-18)22(27(3)4)15-25-23(24-7-2)29-13-12-20(17-29)21-14-26-28(5)16-21;/h8-11,14,16,20,22H,6-7,12-13,15,17H2,1-5H3,(H,24,25);1H. The fraction of sp³-hybridized carbons (Fsp3) is 0.565. The van der Waals surface area contributed by atoms with Crippen LogP contribution in [0.4, 0.5) is 0 Å². The maximum atomic E-state index is 5.04. The summed E-state index contributed by atoms with van der Waals surface area (Å²) in [6.07, 6.45) is 6.36. The van der Waals surface area contributed by atoms with E-state index in [2.05, 4.69) is 78.6 Å². The average Bonchev–Trinajstić information content (AvgIpc) is 3.36. The lowest BCUT2D eigenvalue weighted by Gasteiger charge is -2.26. The van der Waals surface area contributed by atoms with E-state index in [-0.39, 0.29) is 30.0 Å². The normalized spacial score (nSPS) is 17.9. The fourth-order valence-electron chi connectivity index (χ4n) is 4.02. The number of aliphatic imine (C=N–C) groups is 1. The molecule has 30 heavy (non-hydrogen) atoms. The molecule has 1 aliphatic heterocycles. The van der Waals surface area contributed by atoms with Crippen molar-refractivity contribution in [3.8, 4) is 0 Å². The second kappa shape index (κ2) is 11.7. The number of likely N-dealkylation sites (tertiary alicyclic amines) is 1. The summed E-state index contributed by atoms with van der Waals surface area (Å²) in [4.78, 5) is 9.70. The molecule has 166 valence electrons. The van der Waals surface area contributed by atoms with E-state index in [9.17, 15) is 0 Å². The van der Waals surface area contributed by atoms with Gasteiger partial charge in [-0.05, 0) is 50.6 Å². The Bertz CT molecular complexity index is 798. The van der Waals surface area contributed by atoms with E-state index in [1.807, 2.05) is 17.9 Å². The number of nitrogens with zero attached hydrogens (tertiary/aromatic N) is 5. The van der Waals surface area contributed by atoms with E-state index in [1.54, 1.807) is 0 Å². The molecule has 0 saturated carbocycles. The molecule has 1 saturated heterocycles. The quantitative estimate of drug-likeness (QED) is 0.341. The number of benzene rings is 1. The number of guanidine groups is 1. The number of halogens is 1. The zero-order valence-electron chi connectivity index (χ0n) is 19.0. The van der Waals surface area contributed by atoms with Crippen LogP contribution in [0.3, 0.4) is 0 Å². The van der Waals surface area contributed by atoms with Crippen molar-refractivity contribution in [3.05, 3.63) is 53.3 Å². The maximum Gasteiger partial charge on any atom is 0.194 e. The van der Waals surface area contributed by atoms with Crippen LogP contribution in [0.15, 0.2) is 41.7 Å². The fourth-order valence-corrected chi connectivity index (χ4v) is 4.02. The second-order valence-electron chi connectivity index (χ2n) is 8.15. The lowest BCUT2D eigenvalue weighted by molar-refractivity contribution is 0.305. The van der Waals surface area contributed by atoms with Gasteiger partial charge < -0.3 is 15.1 Å². The molecule has 7 heteroatoms. The van der Waals surface area contributed by atoms with Crippen LogP contribution in [0.2, 0.25) is 0 Å². The first-order chi connectivity index (χ1) is 14.0. The van der Waals surface area contributed by atoms with Crippen LogP contribution in [0.5, 0.6) is 0 Å². The summed E-state index contributed by atoms with van der Waals surface area (Å²) in [6.45, 7) is 7.98. The van der Waals surface area contributed by atoms with Crippen molar-refractivity contribution >= 4 is 29.9 Å². The third-order valence-electron chi connectivity index (χ3n) is 5.83. The SMILES string of the molecule is CCNC(=NCC(c1ccc(CC)cc1)N(C)C)N1CCC(c2cnn(C)c2)C1.I. The first-order valence-electron chi connectivity index (χ1n) is 10.8. The summed E-state index contributed by atoms with van der Waals surface area (Å²) >= 11 is 0. The minimum Gasteiger partial charge on any atom is -0.357 e. The zero-order valence-corrected chi connectivity index (χ0v) is 21.3. The molecular formula is C23H37IN6. The van der Waals surface area contributed by atoms with Gasteiger partial charge in [-0.2, -0.15) is 5.10 Å². The van der Waals surface area contributed by atoms with E-state index in [0.717, 1.165) is 45.0 Å². The number of hydrogen-bond acceptors (Lipinski definition) is 3. The number of likely N-dealkylation sites (N-methyl/N-ethyl adjacent to an activating group) is 1. The summed E-state index contributed by atoms with van der Waals surface area (Å²) in [5, 5.41) is 7.84. The molecule has 3 rings (SSSR count). The highest BCUT2D eigenvalue weighted by molar-refractivity contribution is 14.0. The Morgan fingerprint density at radius 3 is 2.57 bits per heavy atom. The van der Waals surface area contributed by atoms with Gasteiger partial charge in [0.15, 0.2) is 5.96 Å². The van der Waals surface area contributed by atoms with Gasteiger partial charge in [0.1, 0.15) is 0 Å². The van der Waals surface area contributed by atoms with Gasteiger partial charge in [0.25, 0.3) is 0 Å². The van der Waals surface area contributed by atoms with Crippen LogP contribution < -0.4 is 5.32 Å². The van der Waals surface area contributed by atoms with Gasteiger partial charge in [-0.1, -0.05) is 31.2 Å². The second-order valence-corrected chi connectivity index (χ2v) is 8.15. The van der Waals surface area contributed by atoms with Gasteiger partial charge in [0.05, 0.1) is 18.8 Å². The first-order valence-corrected chi connectivity index (χ1v) is 10.8. The molecule has 0 amide bonds. The van der Waals surface area contributed by atoms with Gasteiger partial charge in [0.2, 0.25) is 0 Å². The molecule has 1 fully saturated rings. The molecule has 0 bridgehead atoms. The molecule has 2 unspecified atom stereocenters. The minimum atomic E-state index is 0. The van der Waals surface area contributed by atoms with E-state index >= 15 is 0 Å². The predicted octanol–water partition coefficient (Wildman–Crippen LogP) is 3.66. The molecule has 1 aromatic carbocycles. The largest absolute Gasteiger partial charge is 0.357 e. The average molecular weight is 524 g/mol. The summed E-state index contributed by atoms with van der Waals surface area (Å²) < 4.78 is 1.89. The highest BCUT2D eigenvalue weighted by atomic mass is 127. The molecule has 2 heterocycles. The van der Waals surface area contributed by atoms with E-state index in [4.69, 9.17) is 4.99 Å². The Hall–Kier alpha value is -1.61. The molecule has 2 atom stereocenters. The summed E-state index contributed by atoms with van der Waals surface area (Å²) in [6, 6.07) is 9.24. The molecule has 0 aliphatic carbocycles. The van der Waals surface area contributed by atoms with Crippen molar-refractivity contribution in [2.24, 2.45) is 12.0 Å². The molecule has 1 N–H and O–H groups in total. The third-order valence-corrected chi connectivity index (χ3v) is 5.83. The van der Waals surface area contributed by atoms with Crippen molar-refractivity contribution in [1.29, 1.82) is 0 Å². The topological polar surface area (TPSA) is 48.7 Å². The molecular weight excluding hydrogens is 487 g/mol. The van der Waals surface area contributed by atoms with Crippen molar-refractivity contribution in [2.45, 2.75) is 38.6 Å². The van der Waals surface area contributed by atoms with Crippen molar-refractivity contribution in [1.82, 2.24) is 24.9 Å². The minimum absolute atomic E-state index is 0. The molecule has 1 aromatic heterocycles. The lowest BCUT2D eigenvalue weighted by Crippen LogP contribution is -2.40. The Morgan fingerprint density at radius 1 is 1.27 bits per heavy atom. The van der Waals surface area contributed by atoms with Crippen molar-refractivity contribution in [2.75, 3.05) is 40.3 Å². The Labute approximate surface area is 198 Å². The van der Waals surface area contributed by atoms with Crippen LogP contribution in [0.25, 0.3) is 0 Å². The number of hydrogen-bond donors (Lipinski definition) is 1. The Kier molecular flexibility index (Phi) is 9.61. The number of aromatic nitrogens is 2. The molecule has 0 radical (unpaired) electrons. The van der Waals surface area contributed by atoms with Crippen LogP contribution >= 0.6 is 24.0 Å². The predicted molar refractivity (Wildman–Crippen MR) is 136 cm³/mol. The van der Waals surface area contributed by atoms with Gasteiger partial charge in [0, 0.05) is 38.8 Å². The summed E-state index contributed by atoms with van der Waals surface area (Å²) in [5.74, 6) is 1.55. The maximum absolute atomic E-state index is 5.04. The highest BCUT2D eigenvalue weighted by Gasteiger charge is 2.27. The third kappa shape index (κ3) is 6.20. The van der Waals surface area contributed by atoms with Crippen molar-refractivity contribution < 1.29 is 0 Å².